The van der Waals surface area contributed by atoms with Gasteiger partial charge < -0.3 is 10.6 Å². The van der Waals surface area contributed by atoms with Crippen LogP contribution in [-0.2, 0) is 9.59 Å². The van der Waals surface area contributed by atoms with Gasteiger partial charge in [0.1, 0.15) is 6.04 Å². The van der Waals surface area contributed by atoms with E-state index in [0.29, 0.717) is 6.54 Å². The predicted molar refractivity (Wildman–Crippen MR) is 81.2 cm³/mol. The Balaban J connectivity index is 2.61. The SMILES string of the molecule is CCNC(=O)C(C)NC(=O)/C=C/c1ccc(C)cc1C. The van der Waals surface area contributed by atoms with E-state index in [9.17, 15) is 9.59 Å². The summed E-state index contributed by atoms with van der Waals surface area (Å²) in [5.41, 5.74) is 3.30. The van der Waals surface area contributed by atoms with Gasteiger partial charge in [-0.1, -0.05) is 23.8 Å². The third-order valence-corrected chi connectivity index (χ3v) is 2.94. The van der Waals surface area contributed by atoms with Gasteiger partial charge in [-0.3, -0.25) is 9.59 Å². The molecule has 0 aliphatic rings. The van der Waals surface area contributed by atoms with Gasteiger partial charge in [-0.2, -0.15) is 0 Å². The van der Waals surface area contributed by atoms with Gasteiger partial charge in [0.05, 0.1) is 0 Å². The van der Waals surface area contributed by atoms with Crippen LogP contribution in [0.2, 0.25) is 0 Å². The smallest absolute Gasteiger partial charge is 0.244 e. The van der Waals surface area contributed by atoms with Crippen molar-refractivity contribution in [3.05, 3.63) is 41.0 Å². The molecule has 0 radical (unpaired) electrons. The van der Waals surface area contributed by atoms with Gasteiger partial charge >= 0.3 is 0 Å². The van der Waals surface area contributed by atoms with Crippen molar-refractivity contribution >= 4 is 17.9 Å². The quantitative estimate of drug-likeness (QED) is 0.806. The molecule has 1 aromatic rings. The van der Waals surface area contributed by atoms with Crippen molar-refractivity contribution in [2.45, 2.75) is 33.7 Å². The van der Waals surface area contributed by atoms with E-state index in [1.807, 2.05) is 32.9 Å². The average Bonchev–Trinajstić information content (AvgIpc) is 2.37. The van der Waals surface area contributed by atoms with Crippen molar-refractivity contribution in [2.24, 2.45) is 0 Å². The zero-order valence-electron chi connectivity index (χ0n) is 12.5. The van der Waals surface area contributed by atoms with E-state index in [4.69, 9.17) is 0 Å². The molecule has 4 heteroatoms. The molecule has 1 rings (SSSR count). The summed E-state index contributed by atoms with van der Waals surface area (Å²) in [5.74, 6) is -0.454. The Labute approximate surface area is 120 Å². The highest BCUT2D eigenvalue weighted by atomic mass is 16.2. The summed E-state index contributed by atoms with van der Waals surface area (Å²) in [7, 11) is 0. The van der Waals surface area contributed by atoms with Crippen molar-refractivity contribution in [3.63, 3.8) is 0 Å². The molecule has 0 saturated heterocycles. The molecule has 2 N–H and O–H groups in total. The highest BCUT2D eigenvalue weighted by Crippen LogP contribution is 2.11. The Morgan fingerprint density at radius 2 is 2.00 bits per heavy atom. The predicted octanol–water partition coefficient (Wildman–Crippen LogP) is 1.96. The van der Waals surface area contributed by atoms with Crippen molar-refractivity contribution in [3.8, 4) is 0 Å². The summed E-state index contributed by atoms with van der Waals surface area (Å²) < 4.78 is 0. The minimum Gasteiger partial charge on any atom is -0.355 e. The second-order valence-electron chi connectivity index (χ2n) is 4.82. The minimum absolute atomic E-state index is 0.180. The maximum absolute atomic E-state index is 11.7. The Morgan fingerprint density at radius 3 is 2.60 bits per heavy atom. The molecule has 0 spiro atoms. The lowest BCUT2D eigenvalue weighted by molar-refractivity contribution is -0.126. The molecule has 1 aromatic carbocycles. The van der Waals surface area contributed by atoms with Crippen molar-refractivity contribution in [1.82, 2.24) is 10.6 Å². The van der Waals surface area contributed by atoms with Gasteiger partial charge in [0, 0.05) is 12.6 Å². The molecular weight excluding hydrogens is 252 g/mol. The second kappa shape index (κ2) is 7.48. The van der Waals surface area contributed by atoms with E-state index in [1.165, 1.54) is 11.6 Å². The summed E-state index contributed by atoms with van der Waals surface area (Å²) in [6.07, 6.45) is 3.21. The number of carbonyl (C=O) groups excluding carboxylic acids is 2. The topological polar surface area (TPSA) is 58.2 Å². The lowest BCUT2D eigenvalue weighted by atomic mass is 10.1. The van der Waals surface area contributed by atoms with Gasteiger partial charge in [-0.05, 0) is 44.9 Å². The van der Waals surface area contributed by atoms with E-state index in [1.54, 1.807) is 13.0 Å². The number of rotatable bonds is 5. The van der Waals surface area contributed by atoms with E-state index in [0.717, 1.165) is 11.1 Å². The van der Waals surface area contributed by atoms with E-state index in [-0.39, 0.29) is 11.8 Å². The molecule has 4 nitrogen and oxygen atoms in total. The number of likely N-dealkylation sites (N-methyl/N-ethyl adjacent to an activating group) is 1. The zero-order valence-corrected chi connectivity index (χ0v) is 12.5. The van der Waals surface area contributed by atoms with Crippen LogP contribution in [0.25, 0.3) is 6.08 Å². The summed E-state index contributed by atoms with van der Waals surface area (Å²) in [6.45, 7) is 8.08. The standard InChI is InChI=1S/C16H22N2O2/c1-5-17-16(20)13(4)18-15(19)9-8-14-7-6-11(2)10-12(14)3/h6-10,13H,5H2,1-4H3,(H,17,20)(H,18,19)/b9-8+. The first-order valence-corrected chi connectivity index (χ1v) is 6.77. The number of amides is 2. The average molecular weight is 274 g/mol. The maximum Gasteiger partial charge on any atom is 0.244 e. The Bertz CT molecular complexity index is 521. The first kappa shape index (κ1) is 16.0. The first-order valence-electron chi connectivity index (χ1n) is 6.77. The number of benzene rings is 1. The monoisotopic (exact) mass is 274 g/mol. The van der Waals surface area contributed by atoms with Crippen LogP contribution < -0.4 is 10.6 Å². The lowest BCUT2D eigenvalue weighted by Gasteiger charge is -2.11. The fraction of sp³-hybridized carbons (Fsp3) is 0.375. The molecule has 0 heterocycles. The largest absolute Gasteiger partial charge is 0.355 e. The molecular formula is C16H22N2O2. The Morgan fingerprint density at radius 1 is 1.30 bits per heavy atom. The number of aryl methyl sites for hydroxylation is 2. The van der Waals surface area contributed by atoms with Gasteiger partial charge in [0.15, 0.2) is 0 Å². The van der Waals surface area contributed by atoms with Gasteiger partial charge in [0.25, 0.3) is 0 Å². The molecule has 0 aromatic heterocycles. The Kier molecular flexibility index (Phi) is 5.97. The highest BCUT2D eigenvalue weighted by molar-refractivity contribution is 5.95. The fourth-order valence-corrected chi connectivity index (χ4v) is 1.83. The molecule has 2 amide bonds. The first-order chi connectivity index (χ1) is 9.43. The van der Waals surface area contributed by atoms with Crippen molar-refractivity contribution in [1.29, 1.82) is 0 Å². The van der Waals surface area contributed by atoms with Crippen LogP contribution in [0.4, 0.5) is 0 Å². The number of nitrogens with one attached hydrogen (secondary N) is 2. The molecule has 20 heavy (non-hydrogen) atoms. The zero-order chi connectivity index (χ0) is 15.1. The molecule has 0 fully saturated rings. The maximum atomic E-state index is 11.7. The van der Waals surface area contributed by atoms with Crippen LogP contribution in [0, 0.1) is 13.8 Å². The number of hydrogen-bond acceptors (Lipinski definition) is 2. The molecule has 108 valence electrons. The van der Waals surface area contributed by atoms with Crippen molar-refractivity contribution in [2.75, 3.05) is 6.54 Å². The van der Waals surface area contributed by atoms with Crippen LogP contribution >= 0.6 is 0 Å². The van der Waals surface area contributed by atoms with E-state index in [2.05, 4.69) is 16.7 Å². The molecule has 0 bridgehead atoms. The number of hydrogen-bond donors (Lipinski definition) is 2. The van der Waals surface area contributed by atoms with Crippen LogP contribution in [0.5, 0.6) is 0 Å². The Hall–Kier alpha value is -2.10. The van der Waals surface area contributed by atoms with Crippen LogP contribution in [-0.4, -0.2) is 24.4 Å². The third kappa shape index (κ3) is 4.88. The molecule has 0 aliphatic heterocycles. The second-order valence-corrected chi connectivity index (χ2v) is 4.82. The van der Waals surface area contributed by atoms with Crippen LogP contribution in [0.1, 0.15) is 30.5 Å². The molecule has 1 atom stereocenters. The normalized spacial score (nSPS) is 12.2. The molecule has 1 unspecified atom stereocenters. The van der Waals surface area contributed by atoms with Gasteiger partial charge in [-0.25, -0.2) is 0 Å². The van der Waals surface area contributed by atoms with E-state index < -0.39 is 6.04 Å². The number of carbonyl (C=O) groups is 2. The molecule has 0 saturated carbocycles. The summed E-state index contributed by atoms with van der Waals surface area (Å²) in [4.78, 5) is 23.2. The van der Waals surface area contributed by atoms with Gasteiger partial charge in [-0.15, -0.1) is 0 Å². The highest BCUT2D eigenvalue weighted by Gasteiger charge is 2.12. The lowest BCUT2D eigenvalue weighted by Crippen LogP contribution is -2.44. The summed E-state index contributed by atoms with van der Waals surface area (Å²) in [5, 5.41) is 5.29. The van der Waals surface area contributed by atoms with Crippen LogP contribution in [0.15, 0.2) is 24.3 Å². The van der Waals surface area contributed by atoms with Gasteiger partial charge in [0.2, 0.25) is 11.8 Å². The fourth-order valence-electron chi connectivity index (χ4n) is 1.83. The molecule has 0 aliphatic carbocycles. The summed E-state index contributed by atoms with van der Waals surface area (Å²) >= 11 is 0. The third-order valence-electron chi connectivity index (χ3n) is 2.94. The summed E-state index contributed by atoms with van der Waals surface area (Å²) in [6, 6.07) is 5.50. The van der Waals surface area contributed by atoms with E-state index >= 15 is 0 Å². The van der Waals surface area contributed by atoms with Crippen LogP contribution in [0.3, 0.4) is 0 Å². The van der Waals surface area contributed by atoms with Crippen molar-refractivity contribution < 1.29 is 9.59 Å². The minimum atomic E-state index is -0.536.